The summed E-state index contributed by atoms with van der Waals surface area (Å²) in [6.07, 6.45) is 3.55. The van der Waals surface area contributed by atoms with Crippen molar-refractivity contribution in [2.75, 3.05) is 25.5 Å². The summed E-state index contributed by atoms with van der Waals surface area (Å²) in [6.45, 7) is 1.22. The maximum Gasteiger partial charge on any atom is 0.330 e. The zero-order chi connectivity index (χ0) is 17.2. The Morgan fingerprint density at radius 2 is 1.91 bits per heavy atom. The molecule has 7 heteroatoms. The van der Waals surface area contributed by atoms with Crippen LogP contribution >= 0.6 is 0 Å². The number of ether oxygens (including phenoxy) is 1. The minimum Gasteiger partial charge on any atom is -0.452 e. The van der Waals surface area contributed by atoms with Crippen molar-refractivity contribution in [1.29, 1.82) is 0 Å². The number of esters is 1. The number of allylic oxidation sites excluding steroid dienone is 1. The average molecular weight is 322 g/mol. The number of hydrogen-bond acceptors (Lipinski definition) is 4. The topological polar surface area (TPSA) is 75.7 Å². The third kappa shape index (κ3) is 7.21. The van der Waals surface area contributed by atoms with Crippen molar-refractivity contribution in [2.45, 2.75) is 13.3 Å². The molecular weight excluding hydrogens is 303 g/mol. The van der Waals surface area contributed by atoms with Crippen LogP contribution in [0.5, 0.6) is 0 Å². The van der Waals surface area contributed by atoms with Gasteiger partial charge in [0.2, 0.25) is 5.91 Å². The molecule has 1 rings (SSSR count). The van der Waals surface area contributed by atoms with Crippen LogP contribution in [0.25, 0.3) is 0 Å². The highest BCUT2D eigenvalue weighted by Gasteiger charge is 2.14. The number of rotatable bonds is 7. The second-order valence-electron chi connectivity index (χ2n) is 4.72. The zero-order valence-corrected chi connectivity index (χ0v) is 13.0. The monoisotopic (exact) mass is 322 g/mol. The molecule has 0 aliphatic carbocycles. The lowest BCUT2D eigenvalue weighted by Gasteiger charge is -2.16. The summed E-state index contributed by atoms with van der Waals surface area (Å²) in [5.74, 6) is -1.96. The van der Waals surface area contributed by atoms with Crippen molar-refractivity contribution in [3.05, 3.63) is 42.2 Å². The maximum atomic E-state index is 12.8. The molecule has 0 atom stereocenters. The fourth-order valence-electron chi connectivity index (χ4n) is 1.54. The van der Waals surface area contributed by atoms with E-state index in [1.54, 1.807) is 6.08 Å². The lowest BCUT2D eigenvalue weighted by atomic mass is 10.3. The molecule has 2 amide bonds. The number of halogens is 1. The van der Waals surface area contributed by atoms with E-state index in [1.807, 2.05) is 6.92 Å². The summed E-state index contributed by atoms with van der Waals surface area (Å²) < 4.78 is 17.5. The van der Waals surface area contributed by atoms with E-state index in [4.69, 9.17) is 4.74 Å². The molecule has 0 aliphatic rings. The van der Waals surface area contributed by atoms with Gasteiger partial charge in [-0.2, -0.15) is 0 Å². The van der Waals surface area contributed by atoms with Crippen LogP contribution in [0.15, 0.2) is 36.4 Å². The molecule has 1 N–H and O–H groups in total. The van der Waals surface area contributed by atoms with Gasteiger partial charge >= 0.3 is 5.97 Å². The van der Waals surface area contributed by atoms with Gasteiger partial charge in [0.25, 0.3) is 5.91 Å². The first kappa shape index (κ1) is 18.3. The van der Waals surface area contributed by atoms with Gasteiger partial charge in [-0.05, 0) is 30.7 Å². The Labute approximate surface area is 133 Å². The van der Waals surface area contributed by atoms with Crippen LogP contribution in [-0.4, -0.2) is 42.9 Å². The summed E-state index contributed by atoms with van der Waals surface area (Å²) in [4.78, 5) is 35.9. The second-order valence-corrected chi connectivity index (χ2v) is 4.72. The maximum absolute atomic E-state index is 12.8. The minimum atomic E-state index is -0.607. The Morgan fingerprint density at radius 3 is 2.52 bits per heavy atom. The Bertz CT molecular complexity index is 584. The van der Waals surface area contributed by atoms with E-state index in [9.17, 15) is 18.8 Å². The number of benzene rings is 1. The van der Waals surface area contributed by atoms with Crippen LogP contribution in [0.4, 0.5) is 10.1 Å². The smallest absolute Gasteiger partial charge is 0.330 e. The number of amides is 2. The predicted octanol–water partition coefficient (Wildman–Crippen LogP) is 1.73. The second kappa shape index (κ2) is 9.34. The third-order valence-corrected chi connectivity index (χ3v) is 2.76. The molecule has 1 aromatic carbocycles. The van der Waals surface area contributed by atoms with E-state index in [2.05, 4.69) is 5.32 Å². The SMILES string of the molecule is CC/C=C/C(=O)OCC(=O)N(C)CC(=O)Nc1ccc(F)cc1. The molecule has 0 heterocycles. The third-order valence-electron chi connectivity index (χ3n) is 2.76. The van der Waals surface area contributed by atoms with Gasteiger partial charge in [0.15, 0.2) is 6.61 Å². The highest BCUT2D eigenvalue weighted by atomic mass is 19.1. The molecule has 0 saturated heterocycles. The highest BCUT2D eigenvalue weighted by molar-refractivity contribution is 5.95. The van der Waals surface area contributed by atoms with Gasteiger partial charge in [0, 0.05) is 18.8 Å². The molecule has 0 bridgehead atoms. The molecule has 0 fully saturated rings. The summed E-state index contributed by atoms with van der Waals surface area (Å²) in [7, 11) is 1.42. The molecule has 124 valence electrons. The van der Waals surface area contributed by atoms with Crippen molar-refractivity contribution < 1.29 is 23.5 Å². The number of likely N-dealkylation sites (N-methyl/N-ethyl adjacent to an activating group) is 1. The van der Waals surface area contributed by atoms with Crippen LogP contribution in [0.1, 0.15) is 13.3 Å². The van der Waals surface area contributed by atoms with E-state index < -0.39 is 30.2 Å². The van der Waals surface area contributed by atoms with Gasteiger partial charge in [-0.15, -0.1) is 0 Å². The van der Waals surface area contributed by atoms with E-state index in [-0.39, 0.29) is 6.54 Å². The van der Waals surface area contributed by atoms with Crippen molar-refractivity contribution in [2.24, 2.45) is 0 Å². The fourth-order valence-corrected chi connectivity index (χ4v) is 1.54. The number of anilines is 1. The van der Waals surface area contributed by atoms with E-state index in [0.29, 0.717) is 12.1 Å². The Hall–Kier alpha value is -2.70. The molecule has 1 aromatic rings. The molecule has 0 spiro atoms. The lowest BCUT2D eigenvalue weighted by molar-refractivity contribution is -0.148. The van der Waals surface area contributed by atoms with Crippen LogP contribution in [-0.2, 0) is 19.1 Å². The summed E-state index contributed by atoms with van der Waals surface area (Å²) in [6, 6.07) is 5.26. The Balaban J connectivity index is 2.39. The fraction of sp³-hybridized carbons (Fsp3) is 0.312. The number of hydrogen-bond donors (Lipinski definition) is 1. The van der Waals surface area contributed by atoms with Crippen molar-refractivity contribution in [3.63, 3.8) is 0 Å². The first-order valence-electron chi connectivity index (χ1n) is 7.05. The molecule has 0 radical (unpaired) electrons. The van der Waals surface area contributed by atoms with Gasteiger partial charge in [0.1, 0.15) is 5.82 Å². The molecule has 6 nitrogen and oxygen atoms in total. The number of nitrogens with one attached hydrogen (secondary N) is 1. The number of carbonyl (C=O) groups is 3. The van der Waals surface area contributed by atoms with Gasteiger partial charge in [-0.25, -0.2) is 9.18 Å². The Morgan fingerprint density at radius 1 is 1.26 bits per heavy atom. The molecule has 0 unspecified atom stereocenters. The van der Waals surface area contributed by atoms with Crippen molar-refractivity contribution in [3.8, 4) is 0 Å². The molecule has 0 aromatic heterocycles. The number of nitrogens with zero attached hydrogens (tertiary/aromatic N) is 1. The van der Waals surface area contributed by atoms with Crippen molar-refractivity contribution in [1.82, 2.24) is 4.90 Å². The molecular formula is C16H19FN2O4. The quantitative estimate of drug-likeness (QED) is 0.613. The first-order valence-corrected chi connectivity index (χ1v) is 7.05. The van der Waals surface area contributed by atoms with Crippen LogP contribution in [0, 0.1) is 5.82 Å². The largest absolute Gasteiger partial charge is 0.452 e. The Kier molecular flexibility index (Phi) is 7.45. The minimum absolute atomic E-state index is 0.210. The van der Waals surface area contributed by atoms with Gasteiger partial charge < -0.3 is 15.0 Å². The van der Waals surface area contributed by atoms with Gasteiger partial charge in [-0.1, -0.05) is 13.0 Å². The summed E-state index contributed by atoms with van der Waals surface area (Å²) in [5.41, 5.74) is 0.424. The normalized spacial score (nSPS) is 10.4. The first-order chi connectivity index (χ1) is 10.9. The molecule has 0 saturated carbocycles. The predicted molar refractivity (Wildman–Crippen MR) is 83.1 cm³/mol. The average Bonchev–Trinajstić information content (AvgIpc) is 2.52. The summed E-state index contributed by atoms with van der Waals surface area (Å²) >= 11 is 0. The van der Waals surface area contributed by atoms with E-state index in [0.717, 1.165) is 4.90 Å². The van der Waals surface area contributed by atoms with Gasteiger partial charge in [-0.3, -0.25) is 9.59 Å². The van der Waals surface area contributed by atoms with Crippen LogP contribution < -0.4 is 5.32 Å². The van der Waals surface area contributed by atoms with E-state index in [1.165, 1.54) is 37.4 Å². The molecule has 0 aliphatic heterocycles. The summed E-state index contributed by atoms with van der Waals surface area (Å²) in [5, 5.41) is 2.53. The standard InChI is InChI=1S/C16H19FN2O4/c1-3-4-5-16(22)23-11-15(21)19(2)10-14(20)18-13-8-6-12(17)7-9-13/h4-9H,3,10-11H2,1-2H3,(H,18,20)/b5-4+. The van der Waals surface area contributed by atoms with Gasteiger partial charge in [0.05, 0.1) is 6.54 Å². The van der Waals surface area contributed by atoms with Crippen molar-refractivity contribution >= 4 is 23.5 Å². The van der Waals surface area contributed by atoms with Crippen LogP contribution in [0.3, 0.4) is 0 Å². The van der Waals surface area contributed by atoms with E-state index >= 15 is 0 Å². The zero-order valence-electron chi connectivity index (χ0n) is 13.0. The highest BCUT2D eigenvalue weighted by Crippen LogP contribution is 2.08. The number of carbonyl (C=O) groups excluding carboxylic acids is 3. The van der Waals surface area contributed by atoms with Crippen LogP contribution in [0.2, 0.25) is 0 Å². The lowest BCUT2D eigenvalue weighted by Crippen LogP contribution is -2.37. The molecule has 23 heavy (non-hydrogen) atoms.